The number of nitrogens with zero attached hydrogens (tertiary/aromatic N) is 1. The highest BCUT2D eigenvalue weighted by molar-refractivity contribution is 9.12. The predicted octanol–water partition coefficient (Wildman–Crippen LogP) is 2.29. The molecule has 0 fully saturated rings. The van der Waals surface area contributed by atoms with E-state index in [1.54, 1.807) is 24.3 Å². The third-order valence-electron chi connectivity index (χ3n) is 1.86. The molecule has 18 heavy (non-hydrogen) atoms. The van der Waals surface area contributed by atoms with E-state index in [1.165, 1.54) is 6.07 Å². The van der Waals surface area contributed by atoms with E-state index in [1.807, 2.05) is 0 Å². The van der Waals surface area contributed by atoms with Crippen molar-refractivity contribution in [1.29, 1.82) is 5.26 Å². The Kier molecular flexibility index (Phi) is 6.24. The van der Waals surface area contributed by atoms with Gasteiger partial charge in [0.15, 0.2) is 0 Å². The van der Waals surface area contributed by atoms with Crippen molar-refractivity contribution in [2.24, 2.45) is 0 Å². The van der Waals surface area contributed by atoms with Crippen molar-refractivity contribution < 1.29 is 9.53 Å². The number of rotatable bonds is 4. The summed E-state index contributed by atoms with van der Waals surface area (Å²) in [6.07, 6.45) is -1.05. The Balaban J connectivity index is 2.62. The number of ether oxygens (including phenoxy) is 1. The number of hydrogen-bond acceptors (Lipinski definition) is 3. The first-order valence-electron chi connectivity index (χ1n) is 4.83. The van der Waals surface area contributed by atoms with Gasteiger partial charge in [-0.25, -0.2) is 0 Å². The number of hydrogen-bond donors (Lipinski definition) is 1. The number of benzene rings is 1. The van der Waals surface area contributed by atoms with Gasteiger partial charge in [0.05, 0.1) is 0 Å². The highest BCUT2D eigenvalue weighted by Gasteiger charge is 2.12. The Bertz CT molecular complexity index is 531. The number of amides is 1. The summed E-state index contributed by atoms with van der Waals surface area (Å²) in [5, 5.41) is 11.7. The van der Waals surface area contributed by atoms with Crippen LogP contribution >= 0.6 is 27.5 Å². The first kappa shape index (κ1) is 14.5. The molecule has 0 bridgehead atoms. The maximum atomic E-state index is 11.8. The van der Waals surface area contributed by atoms with E-state index in [0.717, 1.165) is 0 Å². The summed E-state index contributed by atoms with van der Waals surface area (Å²) >= 11 is 8.65. The van der Waals surface area contributed by atoms with Gasteiger partial charge in [-0.05, 0) is 23.0 Å². The van der Waals surface area contributed by atoms with Gasteiger partial charge in [0.1, 0.15) is 12.7 Å². The molecule has 0 spiro atoms. The van der Waals surface area contributed by atoms with Crippen LogP contribution in [0.15, 0.2) is 24.3 Å². The second-order valence-corrected chi connectivity index (χ2v) is 3.91. The van der Waals surface area contributed by atoms with E-state index in [4.69, 9.17) is 21.6 Å². The van der Waals surface area contributed by atoms with Crippen LogP contribution in [0, 0.1) is 22.1 Å². The van der Waals surface area contributed by atoms with Gasteiger partial charge in [0.25, 0.3) is 5.91 Å². The molecule has 0 aliphatic carbocycles. The molecule has 0 heterocycles. The fourth-order valence-corrected chi connectivity index (χ4v) is 1.40. The molecule has 1 N–H and O–H groups in total. The molecule has 1 aromatic rings. The Morgan fingerprint density at radius 3 is 3.00 bits per heavy atom. The molecule has 1 amide bonds. The lowest BCUT2D eigenvalue weighted by Crippen LogP contribution is -2.35. The molecule has 0 saturated carbocycles. The third kappa shape index (κ3) is 4.77. The third-order valence-corrected chi connectivity index (χ3v) is 2.37. The van der Waals surface area contributed by atoms with Crippen LogP contribution in [-0.2, 0) is 4.74 Å². The van der Waals surface area contributed by atoms with Crippen molar-refractivity contribution in [2.75, 3.05) is 6.61 Å². The van der Waals surface area contributed by atoms with Crippen LogP contribution in [0.2, 0.25) is 5.02 Å². The lowest BCUT2D eigenvalue weighted by Gasteiger charge is -2.10. The minimum absolute atomic E-state index is 0.0410. The van der Waals surface area contributed by atoms with Crippen molar-refractivity contribution >= 4 is 33.4 Å². The second-order valence-electron chi connectivity index (χ2n) is 3.08. The summed E-state index contributed by atoms with van der Waals surface area (Å²) in [6, 6.07) is 8.20. The largest absolute Gasteiger partial charge is 0.332 e. The molecular weight excluding hydrogens is 320 g/mol. The van der Waals surface area contributed by atoms with Crippen LogP contribution in [0.4, 0.5) is 0 Å². The molecule has 1 atom stereocenters. The average Bonchev–Trinajstić information content (AvgIpc) is 2.37. The first-order valence-corrected chi connectivity index (χ1v) is 6.00. The van der Waals surface area contributed by atoms with E-state index in [2.05, 4.69) is 32.0 Å². The van der Waals surface area contributed by atoms with Crippen LogP contribution in [0.3, 0.4) is 0 Å². The second kappa shape index (κ2) is 7.73. The Hall–Kier alpha value is -1.53. The lowest BCUT2D eigenvalue weighted by atomic mass is 10.2. The molecule has 6 heteroatoms. The maximum absolute atomic E-state index is 11.8. The van der Waals surface area contributed by atoms with Crippen molar-refractivity contribution in [3.05, 3.63) is 34.9 Å². The zero-order chi connectivity index (χ0) is 13.4. The monoisotopic (exact) mass is 326 g/mol. The normalized spacial score (nSPS) is 10.7. The Morgan fingerprint density at radius 2 is 2.39 bits per heavy atom. The van der Waals surface area contributed by atoms with Gasteiger partial charge in [-0.3, -0.25) is 4.79 Å². The minimum atomic E-state index is -1.05. The molecule has 0 aromatic heterocycles. The standard InChI is InChI=1S/C12H8BrClN2O2/c13-5-2-6-18-11(8-15)16-12(17)9-3-1-4-10(14)7-9/h1,3-4,7,11H,6H2,(H,16,17). The SMILES string of the molecule is N#CC(NC(=O)c1cccc(Cl)c1)OCC#CBr. The van der Waals surface area contributed by atoms with Gasteiger partial charge < -0.3 is 10.1 Å². The van der Waals surface area contributed by atoms with E-state index in [-0.39, 0.29) is 6.61 Å². The fraction of sp³-hybridized carbons (Fsp3) is 0.167. The molecule has 1 rings (SSSR count). The van der Waals surface area contributed by atoms with Gasteiger partial charge in [0, 0.05) is 26.5 Å². The number of nitrogens with one attached hydrogen (secondary N) is 1. The summed E-state index contributed by atoms with van der Waals surface area (Å²) in [7, 11) is 0. The zero-order valence-corrected chi connectivity index (χ0v) is 11.5. The first-order chi connectivity index (χ1) is 8.67. The number of nitriles is 1. The van der Waals surface area contributed by atoms with E-state index in [9.17, 15) is 4.79 Å². The van der Waals surface area contributed by atoms with E-state index in [0.29, 0.717) is 10.6 Å². The molecule has 1 unspecified atom stereocenters. The molecule has 1 aromatic carbocycles. The lowest BCUT2D eigenvalue weighted by molar-refractivity contribution is 0.0685. The summed E-state index contributed by atoms with van der Waals surface area (Å²) in [6.45, 7) is 0.0410. The molecule has 0 aliphatic heterocycles. The number of carbonyl (C=O) groups excluding carboxylic acids is 1. The summed E-state index contributed by atoms with van der Waals surface area (Å²) in [5.74, 6) is 2.12. The Labute approximate surface area is 118 Å². The van der Waals surface area contributed by atoms with Gasteiger partial charge in [-0.2, -0.15) is 5.26 Å². The quantitative estimate of drug-likeness (QED) is 0.682. The maximum Gasteiger partial charge on any atom is 0.254 e. The fourth-order valence-electron chi connectivity index (χ4n) is 1.10. The number of halogens is 2. The summed E-state index contributed by atoms with van der Waals surface area (Å²) in [5.41, 5.74) is 0.359. The molecule has 0 saturated heterocycles. The van der Waals surface area contributed by atoms with E-state index >= 15 is 0 Å². The van der Waals surface area contributed by atoms with Gasteiger partial charge in [0.2, 0.25) is 6.23 Å². The molecule has 92 valence electrons. The van der Waals surface area contributed by atoms with Gasteiger partial charge in [-0.1, -0.05) is 23.6 Å². The van der Waals surface area contributed by atoms with Crippen LogP contribution in [0.25, 0.3) is 0 Å². The van der Waals surface area contributed by atoms with Crippen LogP contribution in [-0.4, -0.2) is 18.7 Å². The van der Waals surface area contributed by atoms with Crippen LogP contribution in [0.5, 0.6) is 0 Å². The highest BCUT2D eigenvalue weighted by atomic mass is 79.9. The molecular formula is C12H8BrClN2O2. The smallest absolute Gasteiger partial charge is 0.254 e. The van der Waals surface area contributed by atoms with Crippen molar-refractivity contribution in [3.8, 4) is 16.8 Å². The van der Waals surface area contributed by atoms with Gasteiger partial charge in [-0.15, -0.1) is 0 Å². The number of carbonyl (C=O) groups is 1. The van der Waals surface area contributed by atoms with Crippen LogP contribution in [0.1, 0.15) is 10.4 Å². The van der Waals surface area contributed by atoms with Crippen molar-refractivity contribution in [2.45, 2.75) is 6.23 Å². The topological polar surface area (TPSA) is 62.1 Å². The summed E-state index contributed by atoms with van der Waals surface area (Å²) in [4.78, 5) is 14.2. The van der Waals surface area contributed by atoms with Crippen molar-refractivity contribution in [3.63, 3.8) is 0 Å². The Morgan fingerprint density at radius 1 is 1.61 bits per heavy atom. The summed E-state index contributed by atoms with van der Waals surface area (Å²) < 4.78 is 5.02. The van der Waals surface area contributed by atoms with Gasteiger partial charge >= 0.3 is 0 Å². The predicted molar refractivity (Wildman–Crippen MR) is 71.0 cm³/mol. The molecule has 0 radical (unpaired) electrons. The van der Waals surface area contributed by atoms with Crippen LogP contribution < -0.4 is 5.32 Å². The average molecular weight is 328 g/mol. The molecule has 4 nitrogen and oxygen atoms in total. The molecule has 0 aliphatic rings. The minimum Gasteiger partial charge on any atom is -0.332 e. The van der Waals surface area contributed by atoms with E-state index < -0.39 is 12.1 Å². The van der Waals surface area contributed by atoms with Crippen molar-refractivity contribution in [1.82, 2.24) is 5.32 Å². The zero-order valence-electron chi connectivity index (χ0n) is 9.11. The highest BCUT2D eigenvalue weighted by Crippen LogP contribution is 2.10.